The Labute approximate surface area is 235 Å². The largest absolute Gasteiger partial charge is 0.444 e. The van der Waals surface area contributed by atoms with Crippen molar-refractivity contribution in [3.05, 3.63) is 65.4 Å². The highest BCUT2D eigenvalue weighted by Crippen LogP contribution is 2.24. The summed E-state index contributed by atoms with van der Waals surface area (Å²) < 4.78 is 5.52. The van der Waals surface area contributed by atoms with Gasteiger partial charge < -0.3 is 19.5 Å². The third kappa shape index (κ3) is 6.74. The lowest BCUT2D eigenvalue weighted by molar-refractivity contribution is 0.0139. The number of carbonyl (C=O) groups excluding carboxylic acids is 1. The SMILES string of the molecule is Cc1cc(-c2ccc3nc(Cc4cc(CN5CCN(C(=O)OC(C)(C)C)CC5)ccn4)[nH]c3c2)nc(N(C)C)n1. The van der Waals surface area contributed by atoms with Crippen LogP contribution in [0.25, 0.3) is 22.3 Å². The van der Waals surface area contributed by atoms with Gasteiger partial charge in [-0.2, -0.15) is 0 Å². The van der Waals surface area contributed by atoms with Gasteiger partial charge in [-0.25, -0.2) is 19.7 Å². The molecule has 0 aliphatic carbocycles. The van der Waals surface area contributed by atoms with Gasteiger partial charge in [0.05, 0.1) is 16.7 Å². The molecule has 4 aromatic rings. The zero-order valence-electron chi connectivity index (χ0n) is 24.2. The molecule has 0 radical (unpaired) electrons. The normalized spacial score (nSPS) is 14.5. The fourth-order valence-electron chi connectivity index (χ4n) is 4.77. The average molecular weight is 543 g/mol. The van der Waals surface area contributed by atoms with Gasteiger partial charge in [-0.05, 0) is 63.6 Å². The smallest absolute Gasteiger partial charge is 0.410 e. The van der Waals surface area contributed by atoms with E-state index in [1.165, 1.54) is 5.56 Å². The number of pyridine rings is 1. The maximum absolute atomic E-state index is 12.4. The molecule has 210 valence electrons. The number of imidazole rings is 1. The van der Waals surface area contributed by atoms with Gasteiger partial charge in [0.1, 0.15) is 11.4 Å². The van der Waals surface area contributed by atoms with Crippen molar-refractivity contribution in [3.8, 4) is 11.3 Å². The van der Waals surface area contributed by atoms with Crippen molar-refractivity contribution in [2.75, 3.05) is 45.2 Å². The number of H-pyrrole nitrogens is 1. The predicted octanol–water partition coefficient (Wildman–Crippen LogP) is 4.43. The second-order valence-electron chi connectivity index (χ2n) is 11.6. The highest BCUT2D eigenvalue weighted by molar-refractivity contribution is 5.81. The lowest BCUT2D eigenvalue weighted by Gasteiger charge is -2.35. The monoisotopic (exact) mass is 542 g/mol. The number of ether oxygens (including phenoxy) is 1. The highest BCUT2D eigenvalue weighted by atomic mass is 16.6. The summed E-state index contributed by atoms with van der Waals surface area (Å²) >= 11 is 0. The molecule has 1 saturated heterocycles. The number of fused-ring (bicyclic) bond motifs is 1. The number of piperazine rings is 1. The molecule has 0 unspecified atom stereocenters. The number of rotatable bonds is 6. The highest BCUT2D eigenvalue weighted by Gasteiger charge is 2.26. The minimum atomic E-state index is -0.476. The van der Waals surface area contributed by atoms with Crippen LogP contribution < -0.4 is 4.90 Å². The van der Waals surface area contributed by atoms with Crippen LogP contribution in [0.2, 0.25) is 0 Å². The van der Waals surface area contributed by atoms with E-state index in [4.69, 9.17) is 14.7 Å². The molecule has 0 spiro atoms. The lowest BCUT2D eigenvalue weighted by Crippen LogP contribution is -2.49. The van der Waals surface area contributed by atoms with E-state index in [-0.39, 0.29) is 6.09 Å². The van der Waals surface area contributed by atoms with Crippen molar-refractivity contribution in [2.24, 2.45) is 0 Å². The summed E-state index contributed by atoms with van der Waals surface area (Å²) in [5, 5.41) is 0. The molecule has 1 aliphatic rings. The molecule has 10 nitrogen and oxygen atoms in total. The van der Waals surface area contributed by atoms with E-state index >= 15 is 0 Å². The van der Waals surface area contributed by atoms with Gasteiger partial charge in [-0.1, -0.05) is 6.07 Å². The van der Waals surface area contributed by atoms with Gasteiger partial charge in [0.25, 0.3) is 0 Å². The Morgan fingerprint density at radius 3 is 2.52 bits per heavy atom. The second-order valence-corrected chi connectivity index (χ2v) is 11.6. The number of aryl methyl sites for hydroxylation is 1. The first-order valence-electron chi connectivity index (χ1n) is 13.7. The third-order valence-corrected chi connectivity index (χ3v) is 6.73. The van der Waals surface area contributed by atoms with Crippen molar-refractivity contribution >= 4 is 23.1 Å². The molecule has 1 amide bonds. The van der Waals surface area contributed by atoms with E-state index in [1.807, 2.05) is 65.0 Å². The Kier molecular flexibility index (Phi) is 7.71. The van der Waals surface area contributed by atoms with Crippen LogP contribution in [0, 0.1) is 6.92 Å². The molecule has 0 bridgehead atoms. The first-order valence-corrected chi connectivity index (χ1v) is 13.7. The van der Waals surface area contributed by atoms with Crippen LogP contribution in [0.15, 0.2) is 42.6 Å². The van der Waals surface area contributed by atoms with E-state index < -0.39 is 5.60 Å². The molecular weight excluding hydrogens is 504 g/mol. The number of hydrogen-bond donors (Lipinski definition) is 1. The quantitative estimate of drug-likeness (QED) is 0.382. The summed E-state index contributed by atoms with van der Waals surface area (Å²) in [5.41, 5.74) is 6.39. The number of benzene rings is 1. The van der Waals surface area contributed by atoms with Crippen molar-refractivity contribution < 1.29 is 9.53 Å². The molecule has 0 saturated carbocycles. The number of hydrogen-bond acceptors (Lipinski definition) is 8. The maximum Gasteiger partial charge on any atom is 0.410 e. The van der Waals surface area contributed by atoms with E-state index in [2.05, 4.69) is 44.1 Å². The standard InChI is InChI=1S/C30H38N8O2/c1-20-15-25(35-28(32-20)36(5)6)22-7-8-24-26(17-22)34-27(33-24)18-23-16-21(9-10-31-23)19-37-11-13-38(14-12-37)29(39)40-30(2,3)4/h7-10,15-17H,11-14,18-19H2,1-6H3,(H,33,34). The summed E-state index contributed by atoms with van der Waals surface area (Å²) in [6.07, 6.45) is 2.24. The third-order valence-electron chi connectivity index (χ3n) is 6.73. The number of amides is 1. The number of aromatic amines is 1. The summed E-state index contributed by atoms with van der Waals surface area (Å²) in [5.74, 6) is 1.56. The fourth-order valence-corrected chi connectivity index (χ4v) is 4.77. The van der Waals surface area contributed by atoms with Crippen molar-refractivity contribution in [2.45, 2.75) is 46.3 Å². The number of carbonyl (C=O) groups is 1. The summed E-state index contributed by atoms with van der Waals surface area (Å²) in [6.45, 7) is 11.4. The minimum absolute atomic E-state index is 0.234. The number of nitrogens with one attached hydrogen (secondary N) is 1. The molecule has 10 heteroatoms. The Hall–Kier alpha value is -4.05. The number of aromatic nitrogens is 5. The summed E-state index contributed by atoms with van der Waals surface area (Å²) in [6, 6.07) is 12.4. The Morgan fingerprint density at radius 1 is 1.02 bits per heavy atom. The van der Waals surface area contributed by atoms with Crippen LogP contribution in [-0.4, -0.2) is 86.7 Å². The fraction of sp³-hybridized carbons (Fsp3) is 0.433. The molecule has 4 heterocycles. The van der Waals surface area contributed by atoms with Crippen LogP contribution in [0.4, 0.5) is 10.7 Å². The predicted molar refractivity (Wildman–Crippen MR) is 156 cm³/mol. The maximum atomic E-state index is 12.4. The van der Waals surface area contributed by atoms with E-state index in [1.54, 1.807) is 4.90 Å². The van der Waals surface area contributed by atoms with Gasteiger partial charge in [0, 0.05) is 76.4 Å². The van der Waals surface area contributed by atoms with E-state index in [9.17, 15) is 4.79 Å². The Bertz CT molecular complexity index is 1500. The van der Waals surface area contributed by atoms with Crippen LogP contribution in [0.3, 0.4) is 0 Å². The number of nitrogens with zero attached hydrogens (tertiary/aromatic N) is 7. The first kappa shape index (κ1) is 27.5. The minimum Gasteiger partial charge on any atom is -0.444 e. The first-order chi connectivity index (χ1) is 19.0. The Morgan fingerprint density at radius 2 is 1.80 bits per heavy atom. The molecule has 1 fully saturated rings. The van der Waals surface area contributed by atoms with E-state index in [0.717, 1.165) is 59.1 Å². The van der Waals surface area contributed by atoms with Gasteiger partial charge >= 0.3 is 6.09 Å². The topological polar surface area (TPSA) is 103 Å². The van der Waals surface area contributed by atoms with Crippen molar-refractivity contribution in [3.63, 3.8) is 0 Å². The molecule has 40 heavy (non-hydrogen) atoms. The van der Waals surface area contributed by atoms with Crippen LogP contribution in [0.1, 0.15) is 43.5 Å². The van der Waals surface area contributed by atoms with Crippen LogP contribution >= 0.6 is 0 Å². The zero-order chi connectivity index (χ0) is 28.4. The average Bonchev–Trinajstić information content (AvgIpc) is 3.29. The number of anilines is 1. The molecule has 1 aromatic carbocycles. The van der Waals surface area contributed by atoms with Crippen molar-refractivity contribution in [1.82, 2.24) is 34.7 Å². The van der Waals surface area contributed by atoms with Gasteiger partial charge in [-0.15, -0.1) is 0 Å². The molecular formula is C30H38N8O2. The second kappa shape index (κ2) is 11.2. The van der Waals surface area contributed by atoms with Crippen LogP contribution in [0.5, 0.6) is 0 Å². The molecule has 1 N–H and O–H groups in total. The van der Waals surface area contributed by atoms with E-state index in [0.29, 0.717) is 25.5 Å². The molecule has 3 aromatic heterocycles. The summed E-state index contributed by atoms with van der Waals surface area (Å²) in [7, 11) is 3.89. The molecule has 5 rings (SSSR count). The molecule has 0 atom stereocenters. The van der Waals surface area contributed by atoms with Gasteiger partial charge in [0.15, 0.2) is 0 Å². The Balaban J connectivity index is 1.23. The lowest BCUT2D eigenvalue weighted by atomic mass is 10.1. The zero-order valence-corrected chi connectivity index (χ0v) is 24.2. The summed E-state index contributed by atoms with van der Waals surface area (Å²) in [4.78, 5) is 40.5. The molecule has 1 aliphatic heterocycles. The van der Waals surface area contributed by atoms with Gasteiger partial charge in [0.2, 0.25) is 5.95 Å². The van der Waals surface area contributed by atoms with Crippen molar-refractivity contribution in [1.29, 1.82) is 0 Å². The van der Waals surface area contributed by atoms with Crippen LogP contribution in [-0.2, 0) is 17.7 Å². The van der Waals surface area contributed by atoms with Gasteiger partial charge in [-0.3, -0.25) is 9.88 Å².